The Labute approximate surface area is 196 Å². The van der Waals surface area contributed by atoms with Crippen LogP contribution in [0.15, 0.2) is 66.7 Å². The van der Waals surface area contributed by atoms with E-state index in [1.807, 2.05) is 32.2 Å². The summed E-state index contributed by atoms with van der Waals surface area (Å²) in [6.45, 7) is 4.55. The third-order valence-electron chi connectivity index (χ3n) is 7.23. The fourth-order valence-electron chi connectivity index (χ4n) is 6.01. The number of aliphatic hydroxyl groups is 1. The van der Waals surface area contributed by atoms with Gasteiger partial charge in [0.2, 0.25) is 5.91 Å². The maximum absolute atomic E-state index is 13.5. The first kappa shape index (κ1) is 20.8. The van der Waals surface area contributed by atoms with E-state index >= 15 is 0 Å². The molecule has 8 heteroatoms. The summed E-state index contributed by atoms with van der Waals surface area (Å²) in [6, 6.07) is 15.4. The Bertz CT molecular complexity index is 1360. The summed E-state index contributed by atoms with van der Waals surface area (Å²) in [5.74, 6) is -0.776. The van der Waals surface area contributed by atoms with Crippen LogP contribution in [0.4, 0.5) is 10.5 Å². The van der Waals surface area contributed by atoms with Gasteiger partial charge in [-0.25, -0.2) is 4.79 Å². The Morgan fingerprint density at radius 1 is 1.09 bits per heavy atom. The Hall–Kier alpha value is -3.78. The largest absolute Gasteiger partial charge is 0.495 e. The molecule has 0 radical (unpaired) electrons. The normalized spacial score (nSPS) is 28.6. The van der Waals surface area contributed by atoms with Gasteiger partial charge in [0.1, 0.15) is 0 Å². The molecule has 1 spiro atoms. The number of urea groups is 1. The topological polar surface area (TPSA) is 95.8 Å². The van der Waals surface area contributed by atoms with Gasteiger partial charge in [0.25, 0.3) is 0 Å². The van der Waals surface area contributed by atoms with Crippen LogP contribution in [-0.2, 0) is 16.0 Å². The molecular weight excluding hydrogens is 432 g/mol. The molecule has 0 aliphatic carbocycles. The van der Waals surface area contributed by atoms with Gasteiger partial charge < -0.3 is 19.3 Å². The third kappa shape index (κ3) is 3.02. The molecule has 3 aliphatic heterocycles. The summed E-state index contributed by atoms with van der Waals surface area (Å²) < 4.78 is 8.27. The second-order valence-electron chi connectivity index (χ2n) is 9.46. The van der Waals surface area contributed by atoms with Crippen LogP contribution in [-0.4, -0.2) is 46.4 Å². The van der Waals surface area contributed by atoms with Gasteiger partial charge in [-0.05, 0) is 67.6 Å². The number of imide groups is 1. The molecule has 1 fully saturated rings. The second-order valence-corrected chi connectivity index (χ2v) is 9.46. The minimum absolute atomic E-state index is 0.0338. The number of carbonyl (C=O) groups is 2. The van der Waals surface area contributed by atoms with Gasteiger partial charge in [0.05, 0.1) is 29.2 Å². The van der Waals surface area contributed by atoms with Crippen LogP contribution in [0.3, 0.4) is 0 Å². The highest BCUT2D eigenvalue weighted by molar-refractivity contribution is 6.01. The maximum atomic E-state index is 13.5. The van der Waals surface area contributed by atoms with Crippen LogP contribution in [0, 0.1) is 5.41 Å². The molecule has 1 saturated heterocycles. The van der Waals surface area contributed by atoms with Crippen LogP contribution in [0.1, 0.15) is 19.4 Å². The van der Waals surface area contributed by atoms with Gasteiger partial charge in [0.15, 0.2) is 5.88 Å². The summed E-state index contributed by atoms with van der Waals surface area (Å²) in [4.78, 5) is 27.8. The highest BCUT2D eigenvalue weighted by Gasteiger charge is 2.56. The number of aromatic nitrogens is 1. The SMILES string of the molecule is C[C@@H]1CN2c3ccc(-n4ccc5ccccc54)cc3C[C@]3(C=C(O)NC(=O)NC3=O)[C@H]2[C@H](C)O1. The van der Waals surface area contributed by atoms with E-state index < -0.39 is 17.4 Å². The monoisotopic (exact) mass is 458 g/mol. The van der Waals surface area contributed by atoms with Crippen molar-refractivity contribution in [2.24, 2.45) is 5.41 Å². The van der Waals surface area contributed by atoms with Gasteiger partial charge in [-0.1, -0.05) is 18.2 Å². The number of amides is 3. The lowest BCUT2D eigenvalue weighted by atomic mass is 9.68. The number of para-hydroxylation sites is 1. The standard InChI is InChI=1S/C26H26N4O4/c1-15-14-30-21-8-7-19(29-10-9-17-5-3-4-6-20(17)29)11-18(21)12-26(23(30)16(2)34-15)13-22(31)27-25(33)28-24(26)32/h3-11,13,15-16,23,31H,12,14H2,1-2H3,(H2,27,28,32,33)/t15-,16+,23-,26+/m1/s1. The van der Waals surface area contributed by atoms with Crippen molar-refractivity contribution < 1.29 is 19.4 Å². The van der Waals surface area contributed by atoms with Gasteiger partial charge in [-0.15, -0.1) is 0 Å². The zero-order valence-electron chi connectivity index (χ0n) is 19.0. The maximum Gasteiger partial charge on any atom is 0.328 e. The Kier molecular flexibility index (Phi) is 4.50. The number of rotatable bonds is 1. The number of morpholine rings is 1. The van der Waals surface area contributed by atoms with E-state index in [2.05, 4.69) is 56.5 Å². The molecular formula is C26H26N4O4. The lowest BCUT2D eigenvalue weighted by Crippen LogP contribution is -2.67. The van der Waals surface area contributed by atoms with Crippen molar-refractivity contribution in [3.63, 3.8) is 0 Å². The highest BCUT2D eigenvalue weighted by atomic mass is 16.5. The molecule has 34 heavy (non-hydrogen) atoms. The fraction of sp³-hybridized carbons (Fsp3) is 0.308. The summed E-state index contributed by atoms with van der Waals surface area (Å²) in [5, 5.41) is 16.3. The third-order valence-corrected chi connectivity index (χ3v) is 7.23. The fourth-order valence-corrected chi connectivity index (χ4v) is 6.01. The number of nitrogens with zero attached hydrogens (tertiary/aromatic N) is 2. The molecule has 3 aromatic rings. The van der Waals surface area contributed by atoms with E-state index in [0.29, 0.717) is 13.0 Å². The summed E-state index contributed by atoms with van der Waals surface area (Å²) in [7, 11) is 0. The van der Waals surface area contributed by atoms with Crippen LogP contribution in [0.25, 0.3) is 16.6 Å². The van der Waals surface area contributed by atoms with E-state index in [0.717, 1.165) is 27.8 Å². The molecule has 6 rings (SSSR count). The number of ether oxygens (including phenoxy) is 1. The van der Waals surface area contributed by atoms with Crippen LogP contribution in [0.5, 0.6) is 0 Å². The molecule has 0 saturated carbocycles. The predicted molar refractivity (Wildman–Crippen MR) is 128 cm³/mol. The lowest BCUT2D eigenvalue weighted by Gasteiger charge is -2.54. The number of nitrogens with one attached hydrogen (secondary N) is 2. The van der Waals surface area contributed by atoms with Crippen molar-refractivity contribution in [1.29, 1.82) is 0 Å². The summed E-state index contributed by atoms with van der Waals surface area (Å²) in [6.07, 6.45) is 3.52. The molecule has 0 bridgehead atoms. The number of carbonyl (C=O) groups excluding carboxylic acids is 2. The molecule has 4 atom stereocenters. The summed E-state index contributed by atoms with van der Waals surface area (Å²) in [5.41, 5.74) is 2.91. The van der Waals surface area contributed by atoms with Crippen molar-refractivity contribution in [3.8, 4) is 5.69 Å². The number of anilines is 1. The lowest BCUT2D eigenvalue weighted by molar-refractivity contribution is -0.134. The minimum Gasteiger partial charge on any atom is -0.495 e. The molecule has 0 unspecified atom stereocenters. The van der Waals surface area contributed by atoms with E-state index in [9.17, 15) is 14.7 Å². The van der Waals surface area contributed by atoms with E-state index in [1.54, 1.807) is 0 Å². The Balaban J connectivity index is 1.54. The quantitative estimate of drug-likeness (QED) is 0.520. The molecule has 2 aromatic carbocycles. The Morgan fingerprint density at radius 2 is 1.91 bits per heavy atom. The Morgan fingerprint density at radius 3 is 2.76 bits per heavy atom. The molecule has 1 aromatic heterocycles. The first-order chi connectivity index (χ1) is 16.4. The highest BCUT2D eigenvalue weighted by Crippen LogP contribution is 2.47. The number of aliphatic hydroxyl groups excluding tert-OH is 1. The minimum atomic E-state index is -1.19. The van der Waals surface area contributed by atoms with Crippen molar-refractivity contribution in [2.45, 2.75) is 38.5 Å². The number of fused-ring (bicyclic) bond motifs is 5. The first-order valence-corrected chi connectivity index (χ1v) is 11.5. The molecule has 4 heterocycles. The molecule has 3 aliphatic rings. The molecule has 3 N–H and O–H groups in total. The van der Waals surface area contributed by atoms with E-state index in [-0.39, 0.29) is 24.1 Å². The number of hydrogen-bond acceptors (Lipinski definition) is 5. The van der Waals surface area contributed by atoms with Gasteiger partial charge in [-0.3, -0.25) is 15.4 Å². The van der Waals surface area contributed by atoms with Gasteiger partial charge in [-0.2, -0.15) is 0 Å². The number of hydrogen-bond donors (Lipinski definition) is 3. The first-order valence-electron chi connectivity index (χ1n) is 11.5. The van der Waals surface area contributed by atoms with Crippen LogP contribution < -0.4 is 15.5 Å². The molecule has 3 amide bonds. The smallest absolute Gasteiger partial charge is 0.328 e. The summed E-state index contributed by atoms with van der Waals surface area (Å²) >= 11 is 0. The zero-order chi connectivity index (χ0) is 23.6. The molecule has 8 nitrogen and oxygen atoms in total. The van der Waals surface area contributed by atoms with Gasteiger partial charge in [0, 0.05) is 24.1 Å². The number of benzene rings is 2. The zero-order valence-corrected chi connectivity index (χ0v) is 19.0. The van der Waals surface area contributed by atoms with Crippen LogP contribution >= 0.6 is 0 Å². The van der Waals surface area contributed by atoms with E-state index in [1.165, 1.54) is 6.08 Å². The molecule has 174 valence electrons. The van der Waals surface area contributed by atoms with Crippen molar-refractivity contribution in [3.05, 3.63) is 72.3 Å². The van der Waals surface area contributed by atoms with Crippen molar-refractivity contribution >= 4 is 28.5 Å². The van der Waals surface area contributed by atoms with Crippen LogP contribution in [0.2, 0.25) is 0 Å². The van der Waals surface area contributed by atoms with E-state index in [4.69, 9.17) is 4.74 Å². The average Bonchev–Trinajstić information content (AvgIpc) is 3.18. The van der Waals surface area contributed by atoms with Crippen molar-refractivity contribution in [1.82, 2.24) is 15.2 Å². The van der Waals surface area contributed by atoms with Gasteiger partial charge >= 0.3 is 6.03 Å². The second kappa shape index (κ2) is 7.36. The predicted octanol–water partition coefficient (Wildman–Crippen LogP) is 3.39. The van der Waals surface area contributed by atoms with Crippen molar-refractivity contribution in [2.75, 3.05) is 11.4 Å². The average molecular weight is 459 g/mol.